The Bertz CT molecular complexity index is 572. The number of nitrogens with zero attached hydrogens (tertiary/aromatic N) is 1. The van der Waals surface area contributed by atoms with E-state index < -0.39 is 5.97 Å². The molecule has 1 heterocycles. The lowest BCUT2D eigenvalue weighted by Gasteiger charge is -2.09. The number of hydrogen-bond acceptors (Lipinski definition) is 3. The number of para-hydroxylation sites is 1. The minimum Gasteiger partial charge on any atom is -0.487 e. The van der Waals surface area contributed by atoms with Crippen molar-refractivity contribution in [1.29, 1.82) is 0 Å². The Labute approximate surface area is 109 Å². The number of rotatable bonds is 4. The van der Waals surface area contributed by atoms with Crippen LogP contribution in [0.4, 0.5) is 0 Å². The minimum atomic E-state index is -1.08. The Balaban J connectivity index is 2.16. The van der Waals surface area contributed by atoms with Gasteiger partial charge in [0, 0.05) is 11.8 Å². The summed E-state index contributed by atoms with van der Waals surface area (Å²) in [5, 5.41) is 9.46. The molecule has 4 nitrogen and oxygen atoms in total. The molecule has 1 N–H and O–H groups in total. The second-order valence-corrected chi connectivity index (χ2v) is 3.94. The van der Waals surface area contributed by atoms with Gasteiger partial charge in [-0.25, -0.2) is 9.78 Å². The van der Waals surface area contributed by atoms with Crippen molar-refractivity contribution in [2.45, 2.75) is 6.61 Å². The summed E-state index contributed by atoms with van der Waals surface area (Å²) >= 11 is 5.94. The number of carboxylic acids is 1. The third kappa shape index (κ3) is 2.78. The van der Waals surface area contributed by atoms with Gasteiger partial charge in [0.05, 0.1) is 5.02 Å². The van der Waals surface area contributed by atoms with E-state index >= 15 is 0 Å². The molecule has 0 atom stereocenters. The zero-order valence-electron chi connectivity index (χ0n) is 9.34. The van der Waals surface area contributed by atoms with Crippen LogP contribution in [0.1, 0.15) is 16.1 Å². The van der Waals surface area contributed by atoms with Crippen LogP contribution in [-0.2, 0) is 6.61 Å². The van der Waals surface area contributed by atoms with E-state index in [1.807, 2.05) is 0 Å². The Morgan fingerprint density at radius 2 is 2.06 bits per heavy atom. The Morgan fingerprint density at radius 1 is 1.28 bits per heavy atom. The van der Waals surface area contributed by atoms with Crippen molar-refractivity contribution in [1.82, 2.24) is 4.98 Å². The summed E-state index contributed by atoms with van der Waals surface area (Å²) in [6, 6.07) is 10.3. The highest BCUT2D eigenvalue weighted by Gasteiger charge is 2.11. The SMILES string of the molecule is O=C(O)c1ncccc1COc1ccccc1Cl. The van der Waals surface area contributed by atoms with Crippen LogP contribution in [0.15, 0.2) is 42.6 Å². The molecule has 1 aromatic carbocycles. The Hall–Kier alpha value is -2.07. The lowest BCUT2D eigenvalue weighted by molar-refractivity contribution is 0.0687. The van der Waals surface area contributed by atoms with Crippen molar-refractivity contribution in [3.8, 4) is 5.75 Å². The molecule has 0 fully saturated rings. The van der Waals surface area contributed by atoms with Crippen molar-refractivity contribution >= 4 is 17.6 Å². The lowest BCUT2D eigenvalue weighted by atomic mass is 10.2. The fraction of sp³-hybridized carbons (Fsp3) is 0.0769. The molecule has 92 valence electrons. The number of ether oxygens (including phenoxy) is 1. The van der Waals surface area contributed by atoms with Crippen LogP contribution in [0.2, 0.25) is 5.02 Å². The Kier molecular flexibility index (Phi) is 3.79. The zero-order chi connectivity index (χ0) is 13.0. The quantitative estimate of drug-likeness (QED) is 0.921. The summed E-state index contributed by atoms with van der Waals surface area (Å²) in [6.07, 6.45) is 1.43. The number of pyridine rings is 1. The first-order valence-corrected chi connectivity index (χ1v) is 5.61. The molecule has 0 radical (unpaired) electrons. The van der Waals surface area contributed by atoms with Gasteiger partial charge in [-0.2, -0.15) is 0 Å². The van der Waals surface area contributed by atoms with Gasteiger partial charge in [0.1, 0.15) is 12.4 Å². The number of hydrogen-bond donors (Lipinski definition) is 1. The minimum absolute atomic E-state index is 0.00967. The third-order valence-corrected chi connectivity index (χ3v) is 2.63. The number of halogens is 1. The van der Waals surface area contributed by atoms with Crippen LogP contribution in [0.3, 0.4) is 0 Å². The number of aromatic nitrogens is 1. The molecular weight excluding hydrogens is 254 g/mol. The summed E-state index contributed by atoms with van der Waals surface area (Å²) in [6.45, 7) is 0.110. The Morgan fingerprint density at radius 3 is 2.78 bits per heavy atom. The van der Waals surface area contributed by atoms with Gasteiger partial charge in [-0.1, -0.05) is 29.8 Å². The topological polar surface area (TPSA) is 59.4 Å². The molecule has 0 bridgehead atoms. The lowest BCUT2D eigenvalue weighted by Crippen LogP contribution is -2.07. The smallest absolute Gasteiger partial charge is 0.354 e. The predicted molar refractivity (Wildman–Crippen MR) is 67.0 cm³/mol. The van der Waals surface area contributed by atoms with Gasteiger partial charge in [-0.3, -0.25) is 0 Å². The van der Waals surface area contributed by atoms with E-state index in [-0.39, 0.29) is 12.3 Å². The molecule has 0 spiro atoms. The summed E-state index contributed by atoms with van der Waals surface area (Å²) in [4.78, 5) is 14.8. The van der Waals surface area contributed by atoms with Gasteiger partial charge in [-0.15, -0.1) is 0 Å². The van der Waals surface area contributed by atoms with E-state index in [0.717, 1.165) is 0 Å². The van der Waals surface area contributed by atoms with Gasteiger partial charge in [0.15, 0.2) is 5.69 Å². The fourth-order valence-corrected chi connectivity index (χ4v) is 1.66. The van der Waals surface area contributed by atoms with Gasteiger partial charge in [0.25, 0.3) is 0 Å². The average molecular weight is 264 g/mol. The maximum Gasteiger partial charge on any atom is 0.354 e. The standard InChI is InChI=1S/C13H10ClNO3/c14-10-5-1-2-6-11(10)18-8-9-4-3-7-15-12(9)13(16)17/h1-7H,8H2,(H,16,17). The molecule has 0 unspecified atom stereocenters. The van der Waals surface area contributed by atoms with E-state index in [1.165, 1.54) is 6.20 Å². The van der Waals surface area contributed by atoms with Crippen LogP contribution in [0.25, 0.3) is 0 Å². The molecule has 5 heteroatoms. The largest absolute Gasteiger partial charge is 0.487 e. The van der Waals surface area contributed by atoms with Crippen molar-refractivity contribution in [3.05, 3.63) is 58.9 Å². The number of carbonyl (C=O) groups is 1. The molecule has 0 aliphatic carbocycles. The second-order valence-electron chi connectivity index (χ2n) is 3.54. The summed E-state index contributed by atoms with van der Waals surface area (Å²) < 4.78 is 5.48. The first kappa shape index (κ1) is 12.4. The van der Waals surface area contributed by atoms with Gasteiger partial charge in [0.2, 0.25) is 0 Å². The molecule has 0 saturated carbocycles. The summed E-state index contributed by atoms with van der Waals surface area (Å²) in [7, 11) is 0. The van der Waals surface area contributed by atoms with E-state index in [4.69, 9.17) is 21.4 Å². The molecule has 2 aromatic rings. The maximum absolute atomic E-state index is 11.0. The third-order valence-electron chi connectivity index (χ3n) is 2.31. The van der Waals surface area contributed by atoms with E-state index in [9.17, 15) is 4.79 Å². The first-order valence-electron chi connectivity index (χ1n) is 5.23. The highest BCUT2D eigenvalue weighted by Crippen LogP contribution is 2.24. The van der Waals surface area contributed by atoms with Crippen LogP contribution in [-0.4, -0.2) is 16.1 Å². The van der Waals surface area contributed by atoms with Crippen LogP contribution in [0, 0.1) is 0 Å². The summed E-state index contributed by atoms with van der Waals surface area (Å²) in [5.74, 6) is -0.562. The molecule has 0 aliphatic rings. The monoisotopic (exact) mass is 263 g/mol. The van der Waals surface area contributed by atoms with Gasteiger partial charge in [-0.05, 0) is 18.2 Å². The molecule has 0 amide bonds. The van der Waals surface area contributed by atoms with E-state index in [0.29, 0.717) is 16.3 Å². The second kappa shape index (κ2) is 5.51. The first-order chi connectivity index (χ1) is 8.68. The normalized spacial score (nSPS) is 10.1. The molecular formula is C13H10ClNO3. The number of aromatic carboxylic acids is 1. The predicted octanol–water partition coefficient (Wildman–Crippen LogP) is 3.01. The van der Waals surface area contributed by atoms with Gasteiger partial charge < -0.3 is 9.84 Å². The highest BCUT2D eigenvalue weighted by molar-refractivity contribution is 6.32. The van der Waals surface area contributed by atoms with Crippen molar-refractivity contribution in [3.63, 3.8) is 0 Å². The van der Waals surface area contributed by atoms with Crippen molar-refractivity contribution < 1.29 is 14.6 Å². The maximum atomic E-state index is 11.0. The van der Waals surface area contributed by atoms with Crippen LogP contribution >= 0.6 is 11.6 Å². The average Bonchev–Trinajstić information content (AvgIpc) is 2.38. The number of carboxylic acid groups (broad SMARTS) is 1. The molecule has 2 rings (SSSR count). The van der Waals surface area contributed by atoms with Crippen LogP contribution < -0.4 is 4.74 Å². The molecule has 0 aliphatic heterocycles. The highest BCUT2D eigenvalue weighted by atomic mass is 35.5. The molecule has 18 heavy (non-hydrogen) atoms. The summed E-state index contributed by atoms with van der Waals surface area (Å²) in [5.41, 5.74) is 0.495. The van der Waals surface area contributed by atoms with Crippen molar-refractivity contribution in [2.75, 3.05) is 0 Å². The van der Waals surface area contributed by atoms with Crippen molar-refractivity contribution in [2.24, 2.45) is 0 Å². The molecule has 0 saturated heterocycles. The zero-order valence-corrected chi connectivity index (χ0v) is 10.1. The van der Waals surface area contributed by atoms with Crippen LogP contribution in [0.5, 0.6) is 5.75 Å². The number of benzene rings is 1. The van der Waals surface area contributed by atoms with E-state index in [2.05, 4.69) is 4.98 Å². The molecule has 1 aromatic heterocycles. The van der Waals surface area contributed by atoms with Gasteiger partial charge >= 0.3 is 5.97 Å². The van der Waals surface area contributed by atoms with E-state index in [1.54, 1.807) is 36.4 Å². The fourth-order valence-electron chi connectivity index (χ4n) is 1.46.